The van der Waals surface area contributed by atoms with Crippen LogP contribution >= 0.6 is 11.8 Å². The van der Waals surface area contributed by atoms with Gasteiger partial charge in [-0.25, -0.2) is 0 Å². The molecule has 3 rings (SSSR count). The van der Waals surface area contributed by atoms with Gasteiger partial charge < -0.3 is 4.74 Å². The molecule has 0 saturated carbocycles. The van der Waals surface area contributed by atoms with Gasteiger partial charge in [0.2, 0.25) is 0 Å². The summed E-state index contributed by atoms with van der Waals surface area (Å²) in [7, 11) is 1.47. The molecule has 0 aromatic heterocycles. The Morgan fingerprint density at radius 1 is 1.21 bits per heavy atom. The molecule has 2 aromatic rings. The summed E-state index contributed by atoms with van der Waals surface area (Å²) in [6, 6.07) is 15.0. The van der Waals surface area contributed by atoms with E-state index in [0.717, 1.165) is 33.4 Å². The van der Waals surface area contributed by atoms with Gasteiger partial charge in [0.15, 0.2) is 0 Å². The molecule has 6 heteroatoms. The second kappa shape index (κ2) is 8.59. The summed E-state index contributed by atoms with van der Waals surface area (Å²) >= 11 is 0.928. The zero-order chi connectivity index (χ0) is 20.1. The van der Waals surface area contributed by atoms with E-state index in [9.17, 15) is 14.9 Å². The van der Waals surface area contributed by atoms with Gasteiger partial charge in [0.1, 0.15) is 12.4 Å². The summed E-state index contributed by atoms with van der Waals surface area (Å²) in [6.45, 7) is 4.06. The largest absolute Gasteiger partial charge is 0.489 e. The highest BCUT2D eigenvalue weighted by molar-refractivity contribution is 8.18. The third-order valence-electron chi connectivity index (χ3n) is 4.25. The van der Waals surface area contributed by atoms with E-state index in [4.69, 9.17) is 4.74 Å². The molecule has 0 aliphatic carbocycles. The van der Waals surface area contributed by atoms with Crippen LogP contribution in [0.1, 0.15) is 22.3 Å². The lowest BCUT2D eigenvalue weighted by Gasteiger charge is -2.12. The number of hydrogen-bond donors (Lipinski definition) is 0. The van der Waals surface area contributed by atoms with E-state index in [1.807, 2.05) is 36.4 Å². The van der Waals surface area contributed by atoms with Crippen molar-refractivity contribution in [3.63, 3.8) is 0 Å². The molecule has 0 atom stereocenters. The predicted molar refractivity (Wildman–Crippen MR) is 110 cm³/mol. The fourth-order valence-electron chi connectivity index (χ4n) is 2.75. The summed E-state index contributed by atoms with van der Waals surface area (Å²) in [6.07, 6.45) is 4.07. The average molecular weight is 390 g/mol. The van der Waals surface area contributed by atoms with Crippen LogP contribution in [0.25, 0.3) is 6.08 Å². The Balaban J connectivity index is 1.84. The van der Waals surface area contributed by atoms with Crippen LogP contribution in [0.5, 0.6) is 5.75 Å². The molecule has 2 aromatic carbocycles. The minimum atomic E-state index is -0.297. The summed E-state index contributed by atoms with van der Waals surface area (Å²) in [5, 5.41) is 8.92. The minimum absolute atomic E-state index is 0.279. The Hall–Kier alpha value is -3.30. The highest BCUT2D eigenvalue weighted by atomic mass is 32.2. The molecule has 1 saturated heterocycles. The topological polar surface area (TPSA) is 70.4 Å². The number of hydrogen-bond acceptors (Lipinski definition) is 5. The van der Waals surface area contributed by atoms with Crippen LogP contribution in [-0.4, -0.2) is 23.1 Å². The highest BCUT2D eigenvalue weighted by Crippen LogP contribution is 2.32. The van der Waals surface area contributed by atoms with E-state index in [-0.39, 0.29) is 17.8 Å². The monoisotopic (exact) mass is 390 g/mol. The Morgan fingerprint density at radius 3 is 2.68 bits per heavy atom. The number of thioether (sulfide) groups is 1. The maximum absolute atomic E-state index is 12.1. The molecule has 0 spiro atoms. The van der Waals surface area contributed by atoms with Crippen molar-refractivity contribution in [3.8, 4) is 11.8 Å². The van der Waals surface area contributed by atoms with E-state index in [1.165, 1.54) is 7.05 Å². The fraction of sp³-hybridized carbons (Fsp3) is 0.136. The molecule has 1 aliphatic heterocycles. The minimum Gasteiger partial charge on any atom is -0.489 e. The molecule has 28 heavy (non-hydrogen) atoms. The smallest absolute Gasteiger partial charge is 0.293 e. The molecule has 1 fully saturated rings. The fourth-order valence-corrected chi connectivity index (χ4v) is 3.58. The lowest BCUT2D eigenvalue weighted by atomic mass is 10.1. The molecule has 0 N–H and O–H groups in total. The molecular formula is C22H18N2O3S. The van der Waals surface area contributed by atoms with E-state index in [0.29, 0.717) is 22.6 Å². The number of nitrogens with zero attached hydrogens (tertiary/aromatic N) is 2. The van der Waals surface area contributed by atoms with Crippen molar-refractivity contribution in [2.45, 2.75) is 13.0 Å². The van der Waals surface area contributed by atoms with Crippen molar-refractivity contribution in [2.24, 2.45) is 0 Å². The first-order valence-electron chi connectivity index (χ1n) is 8.59. The summed E-state index contributed by atoms with van der Waals surface area (Å²) in [4.78, 5) is 25.2. The van der Waals surface area contributed by atoms with Gasteiger partial charge in [-0.2, -0.15) is 5.26 Å². The Labute approximate surface area is 167 Å². The van der Waals surface area contributed by atoms with Crippen LogP contribution in [-0.2, 0) is 17.8 Å². The Kier molecular flexibility index (Phi) is 5.97. The van der Waals surface area contributed by atoms with Gasteiger partial charge in [-0.15, -0.1) is 6.58 Å². The number of carbonyl (C=O) groups excluding carboxylic acids is 2. The van der Waals surface area contributed by atoms with Crippen molar-refractivity contribution < 1.29 is 14.3 Å². The maximum atomic E-state index is 12.1. The maximum Gasteiger partial charge on any atom is 0.293 e. The predicted octanol–water partition coefficient (Wildman–Crippen LogP) is 4.53. The van der Waals surface area contributed by atoms with E-state index in [2.05, 4.69) is 12.6 Å². The number of likely N-dealkylation sites (N-methyl/N-ethyl adjacent to an activating group) is 1. The van der Waals surface area contributed by atoms with Crippen LogP contribution < -0.4 is 4.74 Å². The molecule has 0 unspecified atom stereocenters. The van der Waals surface area contributed by atoms with Crippen molar-refractivity contribution in [1.82, 2.24) is 4.90 Å². The molecule has 0 bridgehead atoms. The number of imide groups is 1. The first-order chi connectivity index (χ1) is 13.5. The number of allylic oxidation sites excluding steroid dienone is 1. The quantitative estimate of drug-likeness (QED) is 0.535. The second-order valence-corrected chi connectivity index (χ2v) is 7.15. The second-order valence-electron chi connectivity index (χ2n) is 6.16. The van der Waals surface area contributed by atoms with Gasteiger partial charge in [-0.1, -0.05) is 30.3 Å². The average Bonchev–Trinajstić information content (AvgIpc) is 2.94. The lowest BCUT2D eigenvalue weighted by molar-refractivity contribution is -0.121. The number of rotatable bonds is 6. The Morgan fingerprint density at radius 2 is 2.00 bits per heavy atom. The van der Waals surface area contributed by atoms with Gasteiger partial charge >= 0.3 is 0 Å². The number of benzene rings is 2. The standard InChI is InChI=1S/C22H18N2O3S/c1-3-6-16-11-15(12-20-21(25)24(2)22(26)28-20)9-10-19(16)27-14-18-8-5-4-7-17(18)13-23/h3-5,7-12H,1,6,14H2,2H3/b20-12-. The number of nitriles is 1. The normalized spacial score (nSPS) is 15.0. The first kappa shape index (κ1) is 19.5. The van der Waals surface area contributed by atoms with Gasteiger partial charge in [0, 0.05) is 12.6 Å². The number of ether oxygens (including phenoxy) is 1. The van der Waals surface area contributed by atoms with Gasteiger partial charge in [-0.05, 0) is 53.6 Å². The van der Waals surface area contributed by atoms with Crippen LogP contribution in [0.15, 0.2) is 60.0 Å². The summed E-state index contributed by atoms with van der Waals surface area (Å²) in [5.41, 5.74) is 3.12. The summed E-state index contributed by atoms with van der Waals surface area (Å²) in [5.74, 6) is 0.391. The molecule has 2 amide bonds. The SMILES string of the molecule is C=CCc1cc(/C=C2\SC(=O)N(C)C2=O)ccc1OCc1ccccc1C#N. The molecule has 1 heterocycles. The lowest BCUT2D eigenvalue weighted by Crippen LogP contribution is -2.22. The van der Waals surface area contributed by atoms with E-state index in [1.54, 1.807) is 18.2 Å². The first-order valence-corrected chi connectivity index (χ1v) is 9.41. The third kappa shape index (κ3) is 4.16. The zero-order valence-corrected chi connectivity index (χ0v) is 16.2. The number of carbonyl (C=O) groups is 2. The molecule has 140 valence electrons. The van der Waals surface area contributed by atoms with E-state index >= 15 is 0 Å². The van der Waals surface area contributed by atoms with Crippen molar-refractivity contribution in [3.05, 3.63) is 82.3 Å². The molecule has 5 nitrogen and oxygen atoms in total. The summed E-state index contributed by atoms with van der Waals surface area (Å²) < 4.78 is 5.94. The van der Waals surface area contributed by atoms with Gasteiger partial charge in [-0.3, -0.25) is 14.5 Å². The van der Waals surface area contributed by atoms with Crippen molar-refractivity contribution in [1.29, 1.82) is 5.26 Å². The van der Waals surface area contributed by atoms with Crippen LogP contribution in [0.4, 0.5) is 4.79 Å². The van der Waals surface area contributed by atoms with Gasteiger partial charge in [0.05, 0.1) is 16.5 Å². The van der Waals surface area contributed by atoms with Gasteiger partial charge in [0.25, 0.3) is 11.1 Å². The van der Waals surface area contributed by atoms with Crippen LogP contribution in [0.3, 0.4) is 0 Å². The molecular weight excluding hydrogens is 372 g/mol. The van der Waals surface area contributed by atoms with E-state index < -0.39 is 0 Å². The number of amides is 2. The van der Waals surface area contributed by atoms with Crippen LogP contribution in [0, 0.1) is 11.3 Å². The molecule has 1 aliphatic rings. The van der Waals surface area contributed by atoms with Crippen LogP contribution in [0.2, 0.25) is 0 Å². The van der Waals surface area contributed by atoms with Crippen molar-refractivity contribution >= 4 is 29.0 Å². The highest BCUT2D eigenvalue weighted by Gasteiger charge is 2.31. The molecule has 0 radical (unpaired) electrons. The Bertz CT molecular complexity index is 1020. The zero-order valence-electron chi connectivity index (χ0n) is 15.3. The van der Waals surface area contributed by atoms with Crippen molar-refractivity contribution in [2.75, 3.05) is 7.05 Å². The third-order valence-corrected chi connectivity index (χ3v) is 5.21.